The van der Waals surface area contributed by atoms with Gasteiger partial charge in [-0.05, 0) is 30.2 Å². The third-order valence-electron chi connectivity index (χ3n) is 2.08. The Morgan fingerprint density at radius 3 is 2.83 bits per heavy atom. The maximum absolute atomic E-state index is 11.2. The molecule has 88 valence electrons. The molecule has 0 radical (unpaired) electrons. The standard InChI is InChI=1S/C13H9N3O2/c17-13(16-18)12-5-1-4-11(15-12)7-6-10-3-2-8-14-9-10/h1-5,8-9,18H,(H,16,17). The number of nitrogens with zero attached hydrogens (tertiary/aromatic N) is 2. The first kappa shape index (κ1) is 11.8. The summed E-state index contributed by atoms with van der Waals surface area (Å²) in [6.45, 7) is 0. The van der Waals surface area contributed by atoms with Gasteiger partial charge in [0.15, 0.2) is 0 Å². The topological polar surface area (TPSA) is 75.1 Å². The fraction of sp³-hybridized carbons (Fsp3) is 0. The van der Waals surface area contributed by atoms with Gasteiger partial charge in [0.2, 0.25) is 0 Å². The summed E-state index contributed by atoms with van der Waals surface area (Å²) in [7, 11) is 0. The molecular weight excluding hydrogens is 230 g/mol. The average molecular weight is 239 g/mol. The van der Waals surface area contributed by atoms with Gasteiger partial charge in [0.25, 0.3) is 5.91 Å². The van der Waals surface area contributed by atoms with E-state index in [0.29, 0.717) is 5.69 Å². The molecular formula is C13H9N3O2. The van der Waals surface area contributed by atoms with Gasteiger partial charge in [0.05, 0.1) is 0 Å². The zero-order chi connectivity index (χ0) is 12.8. The van der Waals surface area contributed by atoms with Gasteiger partial charge in [-0.15, -0.1) is 0 Å². The van der Waals surface area contributed by atoms with Gasteiger partial charge in [-0.3, -0.25) is 15.0 Å². The molecule has 2 N–H and O–H groups in total. The van der Waals surface area contributed by atoms with E-state index in [2.05, 4.69) is 21.8 Å². The second-order valence-electron chi connectivity index (χ2n) is 3.34. The van der Waals surface area contributed by atoms with Crippen LogP contribution in [0, 0.1) is 11.8 Å². The first-order chi connectivity index (χ1) is 8.79. The number of aromatic nitrogens is 2. The van der Waals surface area contributed by atoms with Crippen LogP contribution in [0.4, 0.5) is 0 Å². The van der Waals surface area contributed by atoms with Gasteiger partial charge >= 0.3 is 0 Å². The van der Waals surface area contributed by atoms with Crippen LogP contribution < -0.4 is 5.48 Å². The number of hydroxylamine groups is 1. The van der Waals surface area contributed by atoms with Gasteiger partial charge in [-0.2, -0.15) is 0 Å². The van der Waals surface area contributed by atoms with Crippen molar-refractivity contribution in [3.63, 3.8) is 0 Å². The monoisotopic (exact) mass is 239 g/mol. The van der Waals surface area contributed by atoms with E-state index in [-0.39, 0.29) is 5.69 Å². The Balaban J connectivity index is 2.25. The first-order valence-electron chi connectivity index (χ1n) is 5.13. The fourth-order valence-electron chi connectivity index (χ4n) is 1.26. The molecule has 0 saturated carbocycles. The Bertz CT molecular complexity index is 615. The van der Waals surface area contributed by atoms with Crippen LogP contribution in [0.15, 0.2) is 42.7 Å². The Morgan fingerprint density at radius 2 is 2.11 bits per heavy atom. The third kappa shape index (κ3) is 2.90. The molecule has 2 aromatic heterocycles. The first-order valence-corrected chi connectivity index (χ1v) is 5.13. The fourth-order valence-corrected chi connectivity index (χ4v) is 1.26. The Morgan fingerprint density at radius 1 is 1.22 bits per heavy atom. The van der Waals surface area contributed by atoms with Crippen molar-refractivity contribution in [3.8, 4) is 11.8 Å². The summed E-state index contributed by atoms with van der Waals surface area (Å²) >= 11 is 0. The van der Waals surface area contributed by atoms with E-state index in [0.717, 1.165) is 5.56 Å². The molecule has 2 rings (SSSR count). The number of carbonyl (C=O) groups is 1. The van der Waals surface area contributed by atoms with Crippen molar-refractivity contribution >= 4 is 5.91 Å². The highest BCUT2D eigenvalue weighted by atomic mass is 16.5. The van der Waals surface area contributed by atoms with E-state index in [1.165, 1.54) is 11.5 Å². The second-order valence-corrected chi connectivity index (χ2v) is 3.34. The molecule has 1 amide bonds. The number of pyridine rings is 2. The molecule has 0 saturated heterocycles. The van der Waals surface area contributed by atoms with Crippen LogP contribution >= 0.6 is 0 Å². The van der Waals surface area contributed by atoms with Gasteiger partial charge in [-0.1, -0.05) is 12.0 Å². The number of nitrogens with one attached hydrogen (secondary N) is 1. The highest BCUT2D eigenvalue weighted by molar-refractivity contribution is 5.91. The predicted molar refractivity (Wildman–Crippen MR) is 63.7 cm³/mol. The van der Waals surface area contributed by atoms with Crippen molar-refractivity contribution in [2.75, 3.05) is 0 Å². The van der Waals surface area contributed by atoms with E-state index in [1.54, 1.807) is 30.6 Å². The van der Waals surface area contributed by atoms with Crippen LogP contribution in [-0.2, 0) is 0 Å². The average Bonchev–Trinajstić information content (AvgIpc) is 2.45. The van der Waals surface area contributed by atoms with Crippen molar-refractivity contribution in [1.82, 2.24) is 15.4 Å². The molecule has 0 unspecified atom stereocenters. The van der Waals surface area contributed by atoms with Crippen molar-refractivity contribution in [3.05, 3.63) is 59.7 Å². The Labute approximate surface area is 103 Å². The quantitative estimate of drug-likeness (QED) is 0.442. The number of carbonyl (C=O) groups excluding carboxylic acids is 1. The molecule has 2 aromatic rings. The van der Waals surface area contributed by atoms with Crippen molar-refractivity contribution in [2.24, 2.45) is 0 Å². The summed E-state index contributed by atoms with van der Waals surface area (Å²) in [5.74, 6) is 5.03. The molecule has 18 heavy (non-hydrogen) atoms. The highest BCUT2D eigenvalue weighted by Crippen LogP contribution is 1.99. The summed E-state index contributed by atoms with van der Waals surface area (Å²) in [5, 5.41) is 8.50. The normalized spacial score (nSPS) is 9.17. The Hall–Kier alpha value is -2.71. The summed E-state index contributed by atoms with van der Waals surface area (Å²) < 4.78 is 0. The van der Waals surface area contributed by atoms with Gasteiger partial charge in [-0.25, -0.2) is 10.5 Å². The number of hydrogen-bond acceptors (Lipinski definition) is 4. The third-order valence-corrected chi connectivity index (χ3v) is 2.08. The van der Waals surface area contributed by atoms with Gasteiger partial charge in [0.1, 0.15) is 11.4 Å². The summed E-state index contributed by atoms with van der Waals surface area (Å²) in [4.78, 5) is 19.1. The predicted octanol–water partition coefficient (Wildman–Crippen LogP) is 0.995. The lowest BCUT2D eigenvalue weighted by atomic mass is 10.2. The van der Waals surface area contributed by atoms with Gasteiger partial charge in [0, 0.05) is 18.0 Å². The lowest BCUT2D eigenvalue weighted by Gasteiger charge is -1.97. The molecule has 0 bridgehead atoms. The lowest BCUT2D eigenvalue weighted by Crippen LogP contribution is -2.20. The van der Waals surface area contributed by atoms with Crippen molar-refractivity contribution < 1.29 is 10.0 Å². The summed E-state index contributed by atoms with van der Waals surface area (Å²) in [5.41, 5.74) is 2.83. The second kappa shape index (κ2) is 5.57. The van der Waals surface area contributed by atoms with E-state index in [4.69, 9.17) is 5.21 Å². The van der Waals surface area contributed by atoms with Crippen molar-refractivity contribution in [1.29, 1.82) is 0 Å². The van der Waals surface area contributed by atoms with E-state index < -0.39 is 5.91 Å². The van der Waals surface area contributed by atoms with Crippen LogP contribution in [0.25, 0.3) is 0 Å². The molecule has 5 heteroatoms. The molecule has 0 atom stereocenters. The maximum atomic E-state index is 11.2. The molecule has 5 nitrogen and oxygen atoms in total. The molecule has 0 fully saturated rings. The Kier molecular flexibility index (Phi) is 3.64. The van der Waals surface area contributed by atoms with Crippen LogP contribution in [0.5, 0.6) is 0 Å². The molecule has 0 aromatic carbocycles. The van der Waals surface area contributed by atoms with E-state index in [9.17, 15) is 4.79 Å². The minimum absolute atomic E-state index is 0.107. The zero-order valence-corrected chi connectivity index (χ0v) is 9.29. The van der Waals surface area contributed by atoms with Crippen LogP contribution in [0.2, 0.25) is 0 Å². The largest absolute Gasteiger partial charge is 0.293 e. The van der Waals surface area contributed by atoms with E-state index >= 15 is 0 Å². The van der Waals surface area contributed by atoms with Crippen LogP contribution in [0.3, 0.4) is 0 Å². The lowest BCUT2D eigenvalue weighted by molar-refractivity contribution is 0.0700. The summed E-state index contributed by atoms with van der Waals surface area (Å²) in [6.07, 6.45) is 3.30. The molecule has 0 spiro atoms. The van der Waals surface area contributed by atoms with Crippen molar-refractivity contribution in [2.45, 2.75) is 0 Å². The maximum Gasteiger partial charge on any atom is 0.293 e. The SMILES string of the molecule is O=C(NO)c1cccc(C#Cc2cccnc2)n1. The van der Waals surface area contributed by atoms with E-state index in [1.807, 2.05) is 6.07 Å². The van der Waals surface area contributed by atoms with Crippen LogP contribution in [0.1, 0.15) is 21.7 Å². The minimum Gasteiger partial charge on any atom is -0.288 e. The molecule has 2 heterocycles. The molecule has 0 aliphatic rings. The van der Waals surface area contributed by atoms with Gasteiger partial charge < -0.3 is 0 Å². The number of hydrogen-bond donors (Lipinski definition) is 2. The summed E-state index contributed by atoms with van der Waals surface area (Å²) in [6, 6.07) is 8.42. The molecule has 0 aliphatic heterocycles. The smallest absolute Gasteiger partial charge is 0.288 e. The van der Waals surface area contributed by atoms with Crippen LogP contribution in [-0.4, -0.2) is 21.1 Å². The number of amides is 1. The highest BCUT2D eigenvalue weighted by Gasteiger charge is 2.04. The minimum atomic E-state index is -0.667. The zero-order valence-electron chi connectivity index (χ0n) is 9.29. The number of rotatable bonds is 1. The molecule has 0 aliphatic carbocycles.